The van der Waals surface area contributed by atoms with Gasteiger partial charge in [0.2, 0.25) is 0 Å². The highest BCUT2D eigenvalue weighted by Crippen LogP contribution is 2.28. The summed E-state index contributed by atoms with van der Waals surface area (Å²) in [5.41, 5.74) is 3.26. The van der Waals surface area contributed by atoms with Crippen LogP contribution >= 0.6 is 12.2 Å². The minimum Gasteiger partial charge on any atom is -0.497 e. The van der Waals surface area contributed by atoms with Crippen LogP contribution in [-0.2, 0) is 0 Å². The minimum absolute atomic E-state index is 0.553. The van der Waals surface area contributed by atoms with E-state index in [0.29, 0.717) is 10.9 Å². The molecule has 6 heteroatoms. The molecule has 0 amide bonds. The first kappa shape index (κ1) is 19.8. The fourth-order valence-corrected chi connectivity index (χ4v) is 2.89. The summed E-state index contributed by atoms with van der Waals surface area (Å²) in [6.07, 6.45) is 0. The Hall–Kier alpha value is -2.47. The Morgan fingerprint density at radius 3 is 2.58 bits per heavy atom. The number of anilines is 2. The van der Waals surface area contributed by atoms with Crippen molar-refractivity contribution in [3.8, 4) is 11.5 Å². The number of likely N-dealkylation sites (N-methyl/N-ethyl adjacent to an activating group) is 1. The van der Waals surface area contributed by atoms with Gasteiger partial charge in [-0.05, 0) is 55.9 Å². The maximum atomic E-state index is 5.41. The number of nitrogens with one attached hydrogen (secondary N) is 2. The molecule has 140 valence electrons. The van der Waals surface area contributed by atoms with Crippen LogP contribution in [0, 0.1) is 6.92 Å². The smallest absolute Gasteiger partial charge is 0.170 e. The summed E-state index contributed by atoms with van der Waals surface area (Å²) in [6.45, 7) is 6.79. The van der Waals surface area contributed by atoms with Gasteiger partial charge in [-0.15, -0.1) is 0 Å². The highest BCUT2D eigenvalue weighted by Gasteiger charge is 2.08. The predicted molar refractivity (Wildman–Crippen MR) is 113 cm³/mol. The number of aryl methyl sites for hydroxylation is 1. The van der Waals surface area contributed by atoms with Gasteiger partial charge in [0.25, 0.3) is 0 Å². The van der Waals surface area contributed by atoms with Crippen molar-refractivity contribution >= 4 is 28.7 Å². The molecule has 0 atom stereocenters. The van der Waals surface area contributed by atoms with Crippen molar-refractivity contribution in [3.63, 3.8) is 0 Å². The second kappa shape index (κ2) is 9.87. The average molecular weight is 374 g/mol. The zero-order valence-electron chi connectivity index (χ0n) is 15.8. The Morgan fingerprint density at radius 1 is 1.12 bits per heavy atom. The monoisotopic (exact) mass is 373 g/mol. The fourth-order valence-electron chi connectivity index (χ4n) is 2.68. The van der Waals surface area contributed by atoms with E-state index >= 15 is 0 Å². The van der Waals surface area contributed by atoms with Crippen molar-refractivity contribution in [2.45, 2.75) is 13.8 Å². The molecular weight excluding hydrogens is 346 g/mol. The molecule has 2 rings (SSSR count). The molecule has 5 nitrogen and oxygen atoms in total. The summed E-state index contributed by atoms with van der Waals surface area (Å²) in [5.74, 6) is 1.46. The molecule has 0 aliphatic carbocycles. The van der Waals surface area contributed by atoms with E-state index in [1.54, 1.807) is 14.2 Å². The highest BCUT2D eigenvalue weighted by atomic mass is 32.1. The third kappa shape index (κ3) is 5.52. The molecule has 2 aromatic rings. The molecule has 0 aliphatic heterocycles. The van der Waals surface area contributed by atoms with Crippen molar-refractivity contribution in [3.05, 3.63) is 48.0 Å². The molecule has 0 aliphatic rings. The summed E-state index contributed by atoms with van der Waals surface area (Å²) in [5, 5.41) is 6.98. The predicted octanol–water partition coefficient (Wildman–Crippen LogP) is 3.83. The normalized spacial score (nSPS) is 10.2. The molecule has 2 N–H and O–H groups in total. The van der Waals surface area contributed by atoms with Crippen LogP contribution in [0.1, 0.15) is 12.5 Å². The topological polar surface area (TPSA) is 45.8 Å². The second-order valence-electron chi connectivity index (χ2n) is 5.87. The van der Waals surface area contributed by atoms with Crippen molar-refractivity contribution in [2.75, 3.05) is 44.1 Å². The molecule has 0 radical (unpaired) electrons. The molecule has 0 heterocycles. The zero-order valence-corrected chi connectivity index (χ0v) is 16.7. The van der Waals surface area contributed by atoms with Crippen molar-refractivity contribution in [2.24, 2.45) is 0 Å². The van der Waals surface area contributed by atoms with Gasteiger partial charge in [-0.2, -0.15) is 0 Å². The van der Waals surface area contributed by atoms with E-state index in [0.717, 1.165) is 31.1 Å². The van der Waals surface area contributed by atoms with Gasteiger partial charge < -0.3 is 25.0 Å². The quantitative estimate of drug-likeness (QED) is 0.686. The number of methoxy groups -OCH3 is 2. The van der Waals surface area contributed by atoms with Gasteiger partial charge in [-0.3, -0.25) is 0 Å². The molecule has 0 aromatic heterocycles. The third-order valence-corrected chi connectivity index (χ3v) is 4.32. The van der Waals surface area contributed by atoms with Crippen molar-refractivity contribution in [1.29, 1.82) is 0 Å². The van der Waals surface area contributed by atoms with Crippen LogP contribution in [0.15, 0.2) is 42.5 Å². The van der Waals surface area contributed by atoms with Crippen LogP contribution in [0.25, 0.3) is 0 Å². The zero-order chi connectivity index (χ0) is 18.9. The van der Waals surface area contributed by atoms with Crippen molar-refractivity contribution < 1.29 is 9.47 Å². The molecule has 0 fully saturated rings. The lowest BCUT2D eigenvalue weighted by Crippen LogP contribution is -2.37. The molecule has 26 heavy (non-hydrogen) atoms. The lowest BCUT2D eigenvalue weighted by Gasteiger charge is -2.24. The summed E-state index contributed by atoms with van der Waals surface area (Å²) < 4.78 is 10.6. The number of thiocarbonyl (C=S) groups is 1. The lowest BCUT2D eigenvalue weighted by atomic mass is 10.2. The van der Waals surface area contributed by atoms with Crippen LogP contribution in [0.3, 0.4) is 0 Å². The second-order valence-corrected chi connectivity index (χ2v) is 6.27. The van der Waals surface area contributed by atoms with E-state index in [1.807, 2.05) is 18.2 Å². The fraction of sp³-hybridized carbons (Fsp3) is 0.350. The van der Waals surface area contributed by atoms with Gasteiger partial charge in [0.1, 0.15) is 11.5 Å². The van der Waals surface area contributed by atoms with Gasteiger partial charge in [-0.25, -0.2) is 0 Å². The van der Waals surface area contributed by atoms with E-state index < -0.39 is 0 Å². The Morgan fingerprint density at radius 2 is 1.92 bits per heavy atom. The van der Waals surface area contributed by atoms with Gasteiger partial charge in [0.05, 0.1) is 19.9 Å². The standard InChI is InChI=1S/C20H27N3O2S/c1-5-23(16-8-6-7-15(2)13-16)12-11-21-20(26)22-18-14-17(24-3)9-10-19(18)25-4/h6-10,13-14H,5,11-12H2,1-4H3,(H2,21,22,26). The number of rotatable bonds is 8. The first-order valence-corrected chi connectivity index (χ1v) is 9.06. The SMILES string of the molecule is CCN(CCNC(=S)Nc1cc(OC)ccc1OC)c1cccc(C)c1. The first-order valence-electron chi connectivity index (χ1n) is 8.65. The summed E-state index contributed by atoms with van der Waals surface area (Å²) in [4.78, 5) is 2.31. The summed E-state index contributed by atoms with van der Waals surface area (Å²) in [6, 6.07) is 14.1. The summed E-state index contributed by atoms with van der Waals surface area (Å²) >= 11 is 5.41. The molecule has 0 bridgehead atoms. The van der Waals surface area contributed by atoms with E-state index in [1.165, 1.54) is 11.3 Å². The van der Waals surface area contributed by atoms with E-state index in [4.69, 9.17) is 21.7 Å². The molecule has 0 spiro atoms. The van der Waals surface area contributed by atoms with E-state index in [9.17, 15) is 0 Å². The number of ether oxygens (including phenoxy) is 2. The van der Waals surface area contributed by atoms with Gasteiger partial charge >= 0.3 is 0 Å². The highest BCUT2D eigenvalue weighted by molar-refractivity contribution is 7.80. The number of hydrogen-bond acceptors (Lipinski definition) is 4. The lowest BCUT2D eigenvalue weighted by molar-refractivity contribution is 0.405. The number of hydrogen-bond donors (Lipinski definition) is 2. The minimum atomic E-state index is 0.553. The average Bonchev–Trinajstić information content (AvgIpc) is 2.65. The van der Waals surface area contributed by atoms with Crippen LogP contribution < -0.4 is 25.0 Å². The Bertz CT molecular complexity index is 737. The number of nitrogens with zero attached hydrogens (tertiary/aromatic N) is 1. The van der Waals surface area contributed by atoms with Crippen LogP contribution in [0.5, 0.6) is 11.5 Å². The molecular formula is C20H27N3O2S. The Kier molecular flexibility index (Phi) is 7.53. The van der Waals surface area contributed by atoms with Gasteiger partial charge in [0, 0.05) is 31.4 Å². The van der Waals surface area contributed by atoms with Crippen LogP contribution in [-0.4, -0.2) is 39.0 Å². The largest absolute Gasteiger partial charge is 0.497 e. The maximum absolute atomic E-state index is 5.41. The van der Waals surface area contributed by atoms with Gasteiger partial charge in [0.15, 0.2) is 5.11 Å². The maximum Gasteiger partial charge on any atom is 0.170 e. The molecule has 0 saturated heterocycles. The van der Waals surface area contributed by atoms with Gasteiger partial charge in [-0.1, -0.05) is 12.1 Å². The molecule has 0 saturated carbocycles. The van der Waals surface area contributed by atoms with Crippen LogP contribution in [0.4, 0.5) is 11.4 Å². The molecule has 0 unspecified atom stereocenters. The van der Waals surface area contributed by atoms with Crippen LogP contribution in [0.2, 0.25) is 0 Å². The Balaban J connectivity index is 1.90. The van der Waals surface area contributed by atoms with E-state index in [-0.39, 0.29) is 0 Å². The summed E-state index contributed by atoms with van der Waals surface area (Å²) in [7, 11) is 3.26. The van der Waals surface area contributed by atoms with E-state index in [2.05, 4.69) is 53.6 Å². The van der Waals surface area contributed by atoms with Crippen molar-refractivity contribution in [1.82, 2.24) is 5.32 Å². The first-order chi connectivity index (χ1) is 12.6. The Labute approximate surface area is 161 Å². The molecule has 2 aromatic carbocycles. The number of benzene rings is 2. The third-order valence-electron chi connectivity index (χ3n) is 4.07.